The number of nitrogens with zero attached hydrogens (tertiary/aromatic N) is 1. The molecule has 1 aliphatic rings. The first-order valence-electron chi connectivity index (χ1n) is 6.05. The maximum atomic E-state index is 5.91. The van der Waals surface area contributed by atoms with Gasteiger partial charge in [0.25, 0.3) is 0 Å². The second-order valence-electron chi connectivity index (χ2n) is 4.10. The van der Waals surface area contributed by atoms with Gasteiger partial charge in [0.2, 0.25) is 0 Å². The number of fused-ring (bicyclic) bond motifs is 1. The second kappa shape index (κ2) is 5.32. The van der Waals surface area contributed by atoms with Gasteiger partial charge in [-0.1, -0.05) is 18.2 Å². The van der Waals surface area contributed by atoms with E-state index in [1.807, 2.05) is 29.6 Å². The predicted octanol–water partition coefficient (Wildman–Crippen LogP) is 3.25. The van der Waals surface area contributed by atoms with E-state index < -0.39 is 0 Å². The number of ether oxygens (including phenoxy) is 2. The first kappa shape index (κ1) is 12.0. The molecule has 0 fully saturated rings. The molecule has 0 radical (unpaired) electrons. The molecule has 1 unspecified atom stereocenters. The van der Waals surface area contributed by atoms with Crippen molar-refractivity contribution < 1.29 is 9.47 Å². The molecule has 4 nitrogen and oxygen atoms in total. The smallest absolute Gasteiger partial charge is 0.184 e. The second-order valence-corrected chi connectivity index (χ2v) is 4.99. The van der Waals surface area contributed by atoms with Gasteiger partial charge >= 0.3 is 0 Å². The Morgan fingerprint density at radius 1 is 1.42 bits per heavy atom. The van der Waals surface area contributed by atoms with Gasteiger partial charge in [-0.2, -0.15) is 0 Å². The van der Waals surface area contributed by atoms with Crippen LogP contribution in [0.3, 0.4) is 0 Å². The van der Waals surface area contributed by atoms with Crippen LogP contribution in [0, 0.1) is 0 Å². The van der Waals surface area contributed by atoms with E-state index in [-0.39, 0.29) is 6.10 Å². The van der Waals surface area contributed by atoms with E-state index >= 15 is 0 Å². The zero-order chi connectivity index (χ0) is 13.1. The molecule has 0 amide bonds. The van der Waals surface area contributed by atoms with E-state index in [2.05, 4.69) is 16.9 Å². The van der Waals surface area contributed by atoms with E-state index in [1.54, 1.807) is 17.4 Å². The van der Waals surface area contributed by atoms with Gasteiger partial charge in [-0.15, -0.1) is 17.9 Å². The van der Waals surface area contributed by atoms with Crippen LogP contribution in [0.1, 0.15) is 11.1 Å². The van der Waals surface area contributed by atoms with Crippen molar-refractivity contribution in [3.63, 3.8) is 0 Å². The predicted molar refractivity (Wildman–Crippen MR) is 76.1 cm³/mol. The molecule has 2 heterocycles. The lowest BCUT2D eigenvalue weighted by molar-refractivity contribution is 0.0911. The monoisotopic (exact) mass is 274 g/mol. The van der Waals surface area contributed by atoms with Crippen LogP contribution in [0.2, 0.25) is 0 Å². The van der Waals surface area contributed by atoms with Crippen molar-refractivity contribution in [2.75, 3.05) is 18.5 Å². The summed E-state index contributed by atoms with van der Waals surface area (Å²) in [5.74, 6) is 2.41. The fourth-order valence-electron chi connectivity index (χ4n) is 1.83. The maximum Gasteiger partial charge on any atom is 0.184 e. The summed E-state index contributed by atoms with van der Waals surface area (Å²) in [6.07, 6.45) is 1.66. The SMILES string of the molecule is C=CCNc1csc(C2COc3ccccc3O2)n1. The third kappa shape index (κ3) is 2.56. The quantitative estimate of drug-likeness (QED) is 0.869. The molecule has 0 spiro atoms. The van der Waals surface area contributed by atoms with Crippen molar-refractivity contribution in [1.29, 1.82) is 0 Å². The lowest BCUT2D eigenvalue weighted by Gasteiger charge is -2.24. The van der Waals surface area contributed by atoms with Crippen molar-refractivity contribution in [2.45, 2.75) is 6.10 Å². The molecule has 2 aromatic rings. The number of benzene rings is 1. The van der Waals surface area contributed by atoms with E-state index in [0.29, 0.717) is 13.2 Å². The highest BCUT2D eigenvalue weighted by Gasteiger charge is 2.24. The Labute approximate surface area is 115 Å². The van der Waals surface area contributed by atoms with Crippen molar-refractivity contribution in [2.24, 2.45) is 0 Å². The summed E-state index contributed by atoms with van der Waals surface area (Å²) in [6, 6.07) is 7.68. The number of rotatable bonds is 4. The molecule has 98 valence electrons. The number of aromatic nitrogens is 1. The van der Waals surface area contributed by atoms with Crippen LogP contribution in [0.4, 0.5) is 5.82 Å². The first-order chi connectivity index (χ1) is 9.36. The number of thiazole rings is 1. The van der Waals surface area contributed by atoms with Gasteiger partial charge in [-0.05, 0) is 12.1 Å². The molecule has 1 aromatic carbocycles. The van der Waals surface area contributed by atoms with Gasteiger partial charge in [0.15, 0.2) is 17.6 Å². The number of para-hydroxylation sites is 2. The number of anilines is 1. The van der Waals surface area contributed by atoms with Gasteiger partial charge in [0, 0.05) is 11.9 Å². The summed E-state index contributed by atoms with van der Waals surface area (Å²) in [5.41, 5.74) is 0. The van der Waals surface area contributed by atoms with Gasteiger partial charge in [-0.3, -0.25) is 0 Å². The van der Waals surface area contributed by atoms with Crippen LogP contribution >= 0.6 is 11.3 Å². The Balaban J connectivity index is 1.74. The minimum atomic E-state index is -0.140. The molecule has 1 atom stereocenters. The summed E-state index contributed by atoms with van der Waals surface area (Å²) in [7, 11) is 0. The largest absolute Gasteiger partial charge is 0.485 e. The topological polar surface area (TPSA) is 43.4 Å². The average molecular weight is 274 g/mol. The molecule has 0 aliphatic carbocycles. The zero-order valence-corrected chi connectivity index (χ0v) is 11.2. The van der Waals surface area contributed by atoms with Crippen LogP contribution in [0.15, 0.2) is 42.3 Å². The Morgan fingerprint density at radius 2 is 2.26 bits per heavy atom. The average Bonchev–Trinajstić information content (AvgIpc) is 2.93. The summed E-state index contributed by atoms with van der Waals surface area (Å²) >= 11 is 1.57. The Morgan fingerprint density at radius 3 is 3.11 bits per heavy atom. The highest BCUT2D eigenvalue weighted by atomic mass is 32.1. The summed E-state index contributed by atoms with van der Waals surface area (Å²) in [4.78, 5) is 4.50. The molecular formula is C14H14N2O2S. The summed E-state index contributed by atoms with van der Waals surface area (Å²) < 4.78 is 11.6. The normalized spacial score (nSPS) is 16.9. The van der Waals surface area contributed by atoms with Crippen molar-refractivity contribution >= 4 is 17.2 Å². The molecule has 0 bridgehead atoms. The number of hydrogen-bond donors (Lipinski definition) is 1. The van der Waals surface area contributed by atoms with Crippen molar-refractivity contribution in [3.8, 4) is 11.5 Å². The molecule has 3 rings (SSSR count). The molecule has 5 heteroatoms. The minimum Gasteiger partial charge on any atom is -0.485 e. The van der Waals surface area contributed by atoms with Crippen molar-refractivity contribution in [1.82, 2.24) is 4.98 Å². The summed E-state index contributed by atoms with van der Waals surface area (Å²) in [6.45, 7) is 4.86. The highest BCUT2D eigenvalue weighted by molar-refractivity contribution is 7.10. The lowest BCUT2D eigenvalue weighted by atomic mass is 10.2. The van der Waals surface area contributed by atoms with Gasteiger partial charge < -0.3 is 14.8 Å². The number of hydrogen-bond acceptors (Lipinski definition) is 5. The highest BCUT2D eigenvalue weighted by Crippen LogP contribution is 2.36. The minimum absolute atomic E-state index is 0.140. The van der Waals surface area contributed by atoms with Crippen LogP contribution in [-0.2, 0) is 0 Å². The van der Waals surface area contributed by atoms with Crippen LogP contribution in [0.25, 0.3) is 0 Å². The zero-order valence-electron chi connectivity index (χ0n) is 10.3. The van der Waals surface area contributed by atoms with Gasteiger partial charge in [-0.25, -0.2) is 4.98 Å². The molecule has 1 aliphatic heterocycles. The van der Waals surface area contributed by atoms with E-state index in [9.17, 15) is 0 Å². The molecule has 0 saturated heterocycles. The van der Waals surface area contributed by atoms with Gasteiger partial charge in [0.05, 0.1) is 0 Å². The van der Waals surface area contributed by atoms with Crippen LogP contribution in [0.5, 0.6) is 11.5 Å². The van der Waals surface area contributed by atoms with E-state index in [0.717, 1.165) is 22.3 Å². The third-order valence-corrected chi connectivity index (χ3v) is 3.67. The number of nitrogens with one attached hydrogen (secondary N) is 1. The third-order valence-electron chi connectivity index (χ3n) is 2.73. The first-order valence-corrected chi connectivity index (χ1v) is 6.93. The summed E-state index contributed by atoms with van der Waals surface area (Å²) in [5, 5.41) is 6.05. The maximum absolute atomic E-state index is 5.91. The molecular weight excluding hydrogens is 260 g/mol. The van der Waals surface area contributed by atoms with E-state index in [4.69, 9.17) is 9.47 Å². The Bertz CT molecular complexity index is 582. The van der Waals surface area contributed by atoms with Crippen molar-refractivity contribution in [3.05, 3.63) is 47.3 Å². The molecule has 19 heavy (non-hydrogen) atoms. The molecule has 0 saturated carbocycles. The standard InChI is InChI=1S/C14H14N2O2S/c1-2-7-15-13-9-19-14(16-13)12-8-17-10-5-3-4-6-11(10)18-12/h2-6,9,12,15H,1,7-8H2. The fraction of sp³-hybridized carbons (Fsp3) is 0.214. The van der Waals surface area contributed by atoms with E-state index in [1.165, 1.54) is 0 Å². The molecule has 1 aromatic heterocycles. The van der Waals surface area contributed by atoms with Crippen LogP contribution in [-0.4, -0.2) is 18.1 Å². The Kier molecular flexibility index (Phi) is 3.37. The lowest BCUT2D eigenvalue weighted by Crippen LogP contribution is -2.21. The van der Waals surface area contributed by atoms with Crippen LogP contribution < -0.4 is 14.8 Å². The fourth-order valence-corrected chi connectivity index (χ4v) is 2.62. The Hall–Kier alpha value is -2.01. The van der Waals surface area contributed by atoms with Gasteiger partial charge in [0.1, 0.15) is 17.4 Å². The molecule has 1 N–H and O–H groups in total.